The predicted octanol–water partition coefficient (Wildman–Crippen LogP) is 15.7. The molecule has 0 radical (unpaired) electrons. The number of unbranched alkanes of at least 4 members (excludes halogenated alkanes) is 36. The molecule has 80 heavy (non-hydrogen) atoms. The molecule has 1 aliphatic heterocycles. The van der Waals surface area contributed by atoms with Crippen molar-refractivity contribution in [2.24, 2.45) is 0 Å². The molecule has 1 amide bonds. The molecular formula is C69H127NO10. The number of rotatable bonds is 58. The molecule has 468 valence electrons. The van der Waals surface area contributed by atoms with Crippen LogP contribution in [0.2, 0.25) is 0 Å². The van der Waals surface area contributed by atoms with Crippen molar-refractivity contribution in [2.45, 2.75) is 358 Å². The van der Waals surface area contributed by atoms with Crippen molar-refractivity contribution in [3.63, 3.8) is 0 Å². The first kappa shape index (κ1) is 75.8. The summed E-state index contributed by atoms with van der Waals surface area (Å²) in [6.45, 7) is 3.47. The monoisotopic (exact) mass is 1130 g/mol. The Balaban J connectivity index is 2.28. The quantitative estimate of drug-likeness (QED) is 0.0215. The van der Waals surface area contributed by atoms with Crippen LogP contribution in [0.15, 0.2) is 60.8 Å². The first-order chi connectivity index (χ1) is 39.2. The molecule has 1 fully saturated rings. The van der Waals surface area contributed by atoms with Crippen molar-refractivity contribution in [3.8, 4) is 0 Å². The molecule has 1 saturated heterocycles. The van der Waals surface area contributed by atoms with E-state index in [0.717, 1.165) is 64.2 Å². The van der Waals surface area contributed by atoms with E-state index in [1.54, 1.807) is 0 Å². The van der Waals surface area contributed by atoms with Crippen molar-refractivity contribution in [2.75, 3.05) is 13.2 Å². The third kappa shape index (κ3) is 44.3. The van der Waals surface area contributed by atoms with E-state index in [0.29, 0.717) is 19.3 Å². The molecule has 0 bridgehead atoms. The Morgan fingerprint density at radius 3 is 1.19 bits per heavy atom. The Morgan fingerprint density at radius 2 is 0.787 bits per heavy atom. The van der Waals surface area contributed by atoms with Gasteiger partial charge >= 0.3 is 0 Å². The molecule has 0 aliphatic carbocycles. The Labute approximate surface area is 491 Å². The van der Waals surface area contributed by atoms with Crippen LogP contribution in [-0.2, 0) is 14.3 Å². The van der Waals surface area contributed by atoms with Gasteiger partial charge in [0.2, 0.25) is 5.91 Å². The number of hydrogen-bond acceptors (Lipinski definition) is 10. The summed E-state index contributed by atoms with van der Waals surface area (Å²) in [5.74, 6) is -0.716. The molecule has 0 aromatic carbocycles. The lowest BCUT2D eigenvalue weighted by Crippen LogP contribution is -2.60. The van der Waals surface area contributed by atoms with E-state index in [4.69, 9.17) is 9.47 Å². The molecule has 1 aliphatic rings. The molecular weight excluding hydrogens is 1000 g/mol. The highest BCUT2D eigenvalue weighted by Gasteiger charge is 2.44. The average Bonchev–Trinajstić information content (AvgIpc) is 3.46. The topological polar surface area (TPSA) is 189 Å². The number of nitrogens with one attached hydrogen (secondary N) is 1. The van der Waals surface area contributed by atoms with Gasteiger partial charge in [0.05, 0.1) is 25.4 Å². The van der Waals surface area contributed by atoms with Crippen LogP contribution in [-0.4, -0.2) is 110 Å². The Morgan fingerprint density at radius 1 is 0.438 bits per heavy atom. The minimum absolute atomic E-state index is 0.238. The lowest BCUT2D eigenvalue weighted by atomic mass is 9.98. The molecule has 11 heteroatoms. The maximum absolute atomic E-state index is 13.2. The van der Waals surface area contributed by atoms with Gasteiger partial charge in [0, 0.05) is 0 Å². The number of hydrogen-bond donors (Lipinski definition) is 8. The van der Waals surface area contributed by atoms with E-state index >= 15 is 0 Å². The van der Waals surface area contributed by atoms with Crippen LogP contribution in [0.5, 0.6) is 0 Å². The number of allylic oxidation sites excluding steroid dienone is 10. The minimum Gasteiger partial charge on any atom is -0.394 e. The van der Waals surface area contributed by atoms with E-state index in [9.17, 15) is 40.5 Å². The minimum atomic E-state index is -1.68. The maximum atomic E-state index is 13.2. The summed E-state index contributed by atoms with van der Waals surface area (Å²) in [6, 6.07) is -1.20. The molecule has 11 nitrogen and oxygen atoms in total. The fourth-order valence-corrected chi connectivity index (χ4v) is 10.6. The first-order valence-corrected chi connectivity index (χ1v) is 33.7. The molecule has 1 heterocycles. The van der Waals surface area contributed by atoms with E-state index in [1.807, 2.05) is 0 Å². The van der Waals surface area contributed by atoms with E-state index in [1.165, 1.54) is 193 Å². The molecule has 9 unspecified atom stereocenters. The normalized spacial score (nSPS) is 19.6. The fourth-order valence-electron chi connectivity index (χ4n) is 10.6. The predicted molar refractivity (Wildman–Crippen MR) is 334 cm³/mol. The molecule has 8 N–H and O–H groups in total. The summed E-state index contributed by atoms with van der Waals surface area (Å²) < 4.78 is 11.2. The molecule has 0 aromatic heterocycles. The van der Waals surface area contributed by atoms with Crippen LogP contribution < -0.4 is 5.32 Å². The van der Waals surface area contributed by atoms with Crippen LogP contribution in [0.4, 0.5) is 0 Å². The molecule has 0 saturated carbocycles. The van der Waals surface area contributed by atoms with Crippen molar-refractivity contribution >= 4 is 5.91 Å². The summed E-state index contributed by atoms with van der Waals surface area (Å²) in [7, 11) is 0. The fraction of sp³-hybridized carbons (Fsp3) is 0.841. The van der Waals surface area contributed by atoms with Gasteiger partial charge < -0.3 is 50.5 Å². The largest absolute Gasteiger partial charge is 0.394 e. The zero-order chi connectivity index (χ0) is 58.2. The average molecular weight is 1130 g/mol. The number of ether oxygens (including phenoxy) is 2. The summed E-state index contributed by atoms with van der Waals surface area (Å²) in [5, 5.41) is 76.4. The molecule has 0 aromatic rings. The van der Waals surface area contributed by atoms with Crippen LogP contribution in [0.1, 0.15) is 303 Å². The number of carbonyl (C=O) groups excluding carboxylic acids is 1. The standard InChI is InChI=1S/C69H127NO10/c1-3-5-7-9-11-13-15-17-19-21-23-25-27-29-30-31-32-33-35-36-38-40-42-44-46-48-50-52-54-56-61(72)64(74)60(59-79-69-67(77)66(76)65(75)63(58-71)80-69)70-68(78)62(73)57-55-53-51-49-47-45-43-41-39-37-34-28-26-24-22-20-18-16-14-12-10-8-6-4-2/h24,26,33-35,37,40,42,48,50,60-67,69,71-77H,3-23,25,27-32,36,38-39,41,43-47,49,51-59H2,1-2H3,(H,70,78)/b26-24-,35-33+,37-34-,42-40+,50-48+. The highest BCUT2D eigenvalue weighted by molar-refractivity contribution is 5.80. The summed E-state index contributed by atoms with van der Waals surface area (Å²) in [6.07, 6.45) is 64.4. The summed E-state index contributed by atoms with van der Waals surface area (Å²) in [4.78, 5) is 13.2. The summed E-state index contributed by atoms with van der Waals surface area (Å²) in [5.41, 5.74) is 0. The van der Waals surface area contributed by atoms with Crippen molar-refractivity contribution in [1.29, 1.82) is 0 Å². The third-order valence-corrected chi connectivity index (χ3v) is 16.0. The SMILES string of the molecule is CCCCCCCCCCC/C=C\C/C=C\CCCCCCCCCCC(O)C(=O)NC(COC1OC(CO)C(O)C(O)C1O)C(O)C(O)CCC/C=C/CC/C=C/CC/C=C/CCCCCCCCCCCCCCCCCC. The van der Waals surface area contributed by atoms with E-state index in [-0.39, 0.29) is 12.8 Å². The highest BCUT2D eigenvalue weighted by atomic mass is 16.7. The van der Waals surface area contributed by atoms with E-state index in [2.05, 4.69) is 79.9 Å². The van der Waals surface area contributed by atoms with Gasteiger partial charge in [-0.1, -0.05) is 267 Å². The van der Waals surface area contributed by atoms with Gasteiger partial charge in [-0.2, -0.15) is 0 Å². The second-order valence-electron chi connectivity index (χ2n) is 23.5. The van der Waals surface area contributed by atoms with E-state index < -0.39 is 74.2 Å². The van der Waals surface area contributed by atoms with Crippen LogP contribution in [0.25, 0.3) is 0 Å². The van der Waals surface area contributed by atoms with Crippen molar-refractivity contribution in [3.05, 3.63) is 60.8 Å². The number of aliphatic hydroxyl groups is 7. The second kappa shape index (κ2) is 57.3. The highest BCUT2D eigenvalue weighted by Crippen LogP contribution is 2.23. The van der Waals surface area contributed by atoms with Crippen LogP contribution in [0.3, 0.4) is 0 Å². The van der Waals surface area contributed by atoms with Gasteiger partial charge in [0.15, 0.2) is 6.29 Å². The Kier molecular flexibility index (Phi) is 54.3. The number of amides is 1. The van der Waals surface area contributed by atoms with Crippen molar-refractivity contribution < 1.29 is 50.0 Å². The lowest BCUT2D eigenvalue weighted by molar-refractivity contribution is -0.303. The van der Waals surface area contributed by atoms with Crippen LogP contribution >= 0.6 is 0 Å². The van der Waals surface area contributed by atoms with Gasteiger partial charge in [0.1, 0.15) is 36.6 Å². The molecule has 0 spiro atoms. The third-order valence-electron chi connectivity index (χ3n) is 16.0. The van der Waals surface area contributed by atoms with Gasteiger partial charge in [-0.05, 0) is 96.3 Å². The smallest absolute Gasteiger partial charge is 0.249 e. The maximum Gasteiger partial charge on any atom is 0.249 e. The Bertz CT molecular complexity index is 1480. The zero-order valence-corrected chi connectivity index (χ0v) is 51.6. The van der Waals surface area contributed by atoms with Gasteiger partial charge in [-0.25, -0.2) is 0 Å². The lowest BCUT2D eigenvalue weighted by Gasteiger charge is -2.40. The number of aliphatic hydroxyl groups excluding tert-OH is 7. The van der Waals surface area contributed by atoms with Crippen molar-refractivity contribution in [1.82, 2.24) is 5.32 Å². The second-order valence-corrected chi connectivity index (χ2v) is 23.5. The van der Waals surface area contributed by atoms with Gasteiger partial charge in [-0.15, -0.1) is 0 Å². The number of carbonyl (C=O) groups is 1. The molecule has 9 atom stereocenters. The zero-order valence-electron chi connectivity index (χ0n) is 51.6. The van der Waals surface area contributed by atoms with Gasteiger partial charge in [-0.3, -0.25) is 4.79 Å². The molecule has 1 rings (SSSR count). The first-order valence-electron chi connectivity index (χ1n) is 33.7. The van der Waals surface area contributed by atoms with Crippen LogP contribution in [0, 0.1) is 0 Å². The Hall–Kier alpha value is -2.19. The summed E-state index contributed by atoms with van der Waals surface area (Å²) >= 11 is 0. The van der Waals surface area contributed by atoms with Gasteiger partial charge in [0.25, 0.3) is 0 Å².